The van der Waals surface area contributed by atoms with E-state index >= 15 is 0 Å². The van der Waals surface area contributed by atoms with E-state index in [1.54, 1.807) is 0 Å². The summed E-state index contributed by atoms with van der Waals surface area (Å²) in [4.78, 5) is 33.7. The van der Waals surface area contributed by atoms with E-state index in [9.17, 15) is 14.4 Å². The molecule has 0 bridgehead atoms. The average Bonchev–Trinajstić information content (AvgIpc) is 2.62. The number of carboxylic acids is 1. The molecule has 0 aromatic rings. The molecule has 0 aromatic carbocycles. The number of aliphatic carboxylic acids is 1. The van der Waals surface area contributed by atoms with E-state index in [1.165, 1.54) is 0 Å². The van der Waals surface area contributed by atoms with Crippen molar-refractivity contribution in [1.29, 1.82) is 0 Å². The zero-order valence-electron chi connectivity index (χ0n) is 11.1. The van der Waals surface area contributed by atoms with Crippen LogP contribution in [0.4, 0.5) is 0 Å². The highest BCUT2D eigenvalue weighted by molar-refractivity contribution is 5.85. The molecule has 0 spiro atoms. The van der Waals surface area contributed by atoms with Crippen molar-refractivity contribution in [3.05, 3.63) is 0 Å². The molecule has 6 heteroatoms. The highest BCUT2D eigenvalue weighted by atomic mass is 16.4. The molecule has 4 N–H and O–H groups in total. The van der Waals surface area contributed by atoms with Crippen LogP contribution >= 0.6 is 0 Å². The first kappa shape index (κ1) is 15.5. The molecule has 0 heterocycles. The van der Waals surface area contributed by atoms with Crippen LogP contribution in [-0.2, 0) is 14.4 Å². The molecular weight excluding hydrogens is 248 g/mol. The number of rotatable bonds is 6. The van der Waals surface area contributed by atoms with Crippen molar-refractivity contribution < 1.29 is 19.5 Å². The third-order valence-electron chi connectivity index (χ3n) is 3.52. The van der Waals surface area contributed by atoms with Crippen molar-refractivity contribution in [2.24, 2.45) is 11.7 Å². The molecule has 0 radical (unpaired) electrons. The molecule has 6 nitrogen and oxygen atoms in total. The van der Waals surface area contributed by atoms with Crippen molar-refractivity contribution in [2.75, 3.05) is 0 Å². The fraction of sp³-hybridized carbons (Fsp3) is 0.769. The molecule has 0 aliphatic heterocycles. The summed E-state index contributed by atoms with van der Waals surface area (Å²) in [7, 11) is 0. The van der Waals surface area contributed by atoms with E-state index in [0.29, 0.717) is 0 Å². The maximum atomic E-state index is 12.0. The highest BCUT2D eigenvalue weighted by Crippen LogP contribution is 2.23. The zero-order valence-corrected chi connectivity index (χ0v) is 11.1. The Balaban J connectivity index is 2.49. The van der Waals surface area contributed by atoms with Crippen molar-refractivity contribution in [2.45, 2.75) is 57.4 Å². The Kier molecular flexibility index (Phi) is 6.32. The number of carbonyl (C=O) groups excluding carboxylic acids is 2. The SMILES string of the molecule is NC(=O)CC[C@@H](NC(=O)C1CCCCCC1)C(=O)O. The van der Waals surface area contributed by atoms with E-state index in [-0.39, 0.29) is 24.7 Å². The molecule has 1 rings (SSSR count). The molecule has 1 atom stereocenters. The van der Waals surface area contributed by atoms with E-state index < -0.39 is 17.9 Å². The number of amides is 2. The second kappa shape index (κ2) is 7.76. The molecule has 0 saturated heterocycles. The predicted molar refractivity (Wildman–Crippen MR) is 69.2 cm³/mol. The van der Waals surface area contributed by atoms with Gasteiger partial charge in [-0.15, -0.1) is 0 Å². The number of nitrogens with one attached hydrogen (secondary N) is 1. The molecule has 1 saturated carbocycles. The molecular formula is C13H22N2O4. The summed E-state index contributed by atoms with van der Waals surface area (Å²) in [5, 5.41) is 11.5. The summed E-state index contributed by atoms with van der Waals surface area (Å²) in [6, 6.07) is -1.02. The van der Waals surface area contributed by atoms with Gasteiger partial charge in [0, 0.05) is 12.3 Å². The Labute approximate surface area is 112 Å². The molecule has 1 aliphatic rings. The van der Waals surface area contributed by atoms with E-state index in [2.05, 4.69) is 5.32 Å². The quantitative estimate of drug-likeness (QED) is 0.620. The molecule has 1 aliphatic carbocycles. The van der Waals surface area contributed by atoms with E-state index in [4.69, 9.17) is 10.8 Å². The Hall–Kier alpha value is -1.59. The van der Waals surface area contributed by atoms with Crippen LogP contribution in [0.1, 0.15) is 51.4 Å². The van der Waals surface area contributed by atoms with Gasteiger partial charge in [0.1, 0.15) is 6.04 Å². The number of carbonyl (C=O) groups is 3. The normalized spacial score (nSPS) is 18.3. The lowest BCUT2D eigenvalue weighted by Crippen LogP contribution is -2.44. The van der Waals surface area contributed by atoms with Gasteiger partial charge in [-0.3, -0.25) is 9.59 Å². The summed E-state index contributed by atoms with van der Waals surface area (Å²) in [6.45, 7) is 0. The second-order valence-corrected chi connectivity index (χ2v) is 5.09. The van der Waals surface area contributed by atoms with Crippen LogP contribution in [0.5, 0.6) is 0 Å². The summed E-state index contributed by atoms with van der Waals surface area (Å²) in [5.74, 6) is -1.99. The minimum absolute atomic E-state index is 0.0398. The third-order valence-corrected chi connectivity index (χ3v) is 3.52. The monoisotopic (exact) mass is 270 g/mol. The van der Waals surface area contributed by atoms with Gasteiger partial charge in [-0.25, -0.2) is 4.79 Å². The van der Waals surface area contributed by atoms with Crippen molar-refractivity contribution in [3.8, 4) is 0 Å². The van der Waals surface area contributed by atoms with Gasteiger partial charge in [0.25, 0.3) is 0 Å². The Bertz CT molecular complexity index is 336. The fourth-order valence-electron chi connectivity index (χ4n) is 2.38. The van der Waals surface area contributed by atoms with Gasteiger partial charge < -0.3 is 16.2 Å². The number of hydrogen-bond acceptors (Lipinski definition) is 3. The Morgan fingerprint density at radius 3 is 2.21 bits per heavy atom. The summed E-state index contributed by atoms with van der Waals surface area (Å²) < 4.78 is 0. The second-order valence-electron chi connectivity index (χ2n) is 5.09. The smallest absolute Gasteiger partial charge is 0.326 e. The lowest BCUT2D eigenvalue weighted by Gasteiger charge is -2.18. The zero-order chi connectivity index (χ0) is 14.3. The minimum Gasteiger partial charge on any atom is -0.480 e. The lowest BCUT2D eigenvalue weighted by atomic mass is 9.98. The van der Waals surface area contributed by atoms with Gasteiger partial charge in [-0.05, 0) is 19.3 Å². The fourth-order valence-corrected chi connectivity index (χ4v) is 2.38. The standard InChI is InChI=1S/C13H22N2O4/c14-11(16)8-7-10(13(18)19)15-12(17)9-5-3-1-2-4-6-9/h9-10H,1-8H2,(H2,14,16)(H,15,17)(H,18,19)/t10-/m1/s1. The van der Waals surface area contributed by atoms with Gasteiger partial charge in [-0.1, -0.05) is 25.7 Å². The van der Waals surface area contributed by atoms with Crippen LogP contribution in [0, 0.1) is 5.92 Å². The van der Waals surface area contributed by atoms with Crippen LogP contribution in [0.3, 0.4) is 0 Å². The van der Waals surface area contributed by atoms with Crippen LogP contribution < -0.4 is 11.1 Å². The topological polar surface area (TPSA) is 109 Å². The molecule has 19 heavy (non-hydrogen) atoms. The average molecular weight is 270 g/mol. The highest BCUT2D eigenvalue weighted by Gasteiger charge is 2.25. The van der Waals surface area contributed by atoms with E-state index in [0.717, 1.165) is 38.5 Å². The third kappa shape index (κ3) is 5.72. The van der Waals surface area contributed by atoms with Crippen molar-refractivity contribution in [1.82, 2.24) is 5.32 Å². The number of hydrogen-bond donors (Lipinski definition) is 3. The van der Waals surface area contributed by atoms with Crippen LogP contribution in [0.2, 0.25) is 0 Å². The maximum Gasteiger partial charge on any atom is 0.326 e. The van der Waals surface area contributed by atoms with Crippen LogP contribution in [0.25, 0.3) is 0 Å². The summed E-state index contributed by atoms with van der Waals surface area (Å²) in [6.07, 6.45) is 5.92. The number of nitrogens with two attached hydrogens (primary N) is 1. The first-order valence-electron chi connectivity index (χ1n) is 6.82. The van der Waals surface area contributed by atoms with Gasteiger partial charge in [0.2, 0.25) is 11.8 Å². The maximum absolute atomic E-state index is 12.0. The number of carboxylic acid groups (broad SMARTS) is 1. The molecule has 0 unspecified atom stereocenters. The van der Waals surface area contributed by atoms with Gasteiger partial charge in [0.05, 0.1) is 0 Å². The number of primary amides is 1. The van der Waals surface area contributed by atoms with Gasteiger partial charge in [-0.2, -0.15) is 0 Å². The summed E-state index contributed by atoms with van der Waals surface area (Å²) >= 11 is 0. The van der Waals surface area contributed by atoms with Crippen LogP contribution in [-0.4, -0.2) is 28.9 Å². The first-order valence-corrected chi connectivity index (χ1v) is 6.82. The lowest BCUT2D eigenvalue weighted by molar-refractivity contribution is -0.142. The van der Waals surface area contributed by atoms with Gasteiger partial charge in [0.15, 0.2) is 0 Å². The van der Waals surface area contributed by atoms with Crippen molar-refractivity contribution >= 4 is 17.8 Å². The largest absolute Gasteiger partial charge is 0.480 e. The molecule has 2 amide bonds. The van der Waals surface area contributed by atoms with Crippen molar-refractivity contribution in [3.63, 3.8) is 0 Å². The minimum atomic E-state index is -1.12. The molecule has 1 fully saturated rings. The van der Waals surface area contributed by atoms with Gasteiger partial charge >= 0.3 is 5.97 Å². The molecule has 108 valence electrons. The Morgan fingerprint density at radius 2 is 1.74 bits per heavy atom. The first-order chi connectivity index (χ1) is 9.00. The molecule has 0 aromatic heterocycles. The Morgan fingerprint density at radius 1 is 1.16 bits per heavy atom. The van der Waals surface area contributed by atoms with Crippen LogP contribution in [0.15, 0.2) is 0 Å². The predicted octanol–water partition coefficient (Wildman–Crippen LogP) is 0.792. The van der Waals surface area contributed by atoms with E-state index in [1.807, 2.05) is 0 Å². The summed E-state index contributed by atoms with van der Waals surface area (Å²) in [5.41, 5.74) is 4.99.